The molecule has 1 nitrogen and oxygen atoms in total. The molecule has 0 saturated carbocycles. The van der Waals surface area contributed by atoms with Gasteiger partial charge in [0.1, 0.15) is 6.10 Å². The Morgan fingerprint density at radius 1 is 1.42 bits per heavy atom. The Balaban J connectivity index is 2.51. The van der Waals surface area contributed by atoms with Crippen molar-refractivity contribution in [3.63, 3.8) is 0 Å². The van der Waals surface area contributed by atoms with Crippen LogP contribution >= 0.6 is 0 Å². The molecule has 1 saturated heterocycles. The summed E-state index contributed by atoms with van der Waals surface area (Å²) in [7, 11) is 0. The molecule has 1 unspecified atom stereocenters. The number of ether oxygens (including phenoxy) is 1. The van der Waals surface area contributed by atoms with Gasteiger partial charge >= 0.3 is 0 Å². The molecule has 0 aromatic heterocycles. The number of hydrogen-bond acceptors (Lipinski definition) is 1. The van der Waals surface area contributed by atoms with E-state index in [-0.39, 0.29) is 6.10 Å². The molecule has 1 fully saturated rings. The van der Waals surface area contributed by atoms with Gasteiger partial charge in [-0.05, 0) is 18.6 Å². The first-order valence-corrected chi connectivity index (χ1v) is 3.75. The SMILES string of the molecule is Cc1cc(F)c(F)c(C2CO2)c1. The van der Waals surface area contributed by atoms with Gasteiger partial charge in [-0.1, -0.05) is 6.07 Å². The maximum Gasteiger partial charge on any atom is 0.164 e. The number of benzene rings is 1. The van der Waals surface area contributed by atoms with E-state index in [0.29, 0.717) is 12.2 Å². The van der Waals surface area contributed by atoms with E-state index < -0.39 is 11.6 Å². The summed E-state index contributed by atoms with van der Waals surface area (Å²) in [5.74, 6) is -1.57. The van der Waals surface area contributed by atoms with Crippen LogP contribution in [0.5, 0.6) is 0 Å². The molecule has 0 radical (unpaired) electrons. The minimum atomic E-state index is -0.791. The first kappa shape index (κ1) is 7.68. The number of halogens is 2. The van der Waals surface area contributed by atoms with Crippen molar-refractivity contribution in [2.45, 2.75) is 13.0 Å². The molecule has 1 aromatic carbocycles. The van der Waals surface area contributed by atoms with Gasteiger partial charge in [0.05, 0.1) is 6.61 Å². The summed E-state index contributed by atoms with van der Waals surface area (Å²) in [6, 6.07) is 2.80. The van der Waals surface area contributed by atoms with E-state index in [0.717, 1.165) is 5.56 Å². The molecule has 0 N–H and O–H groups in total. The van der Waals surface area contributed by atoms with Gasteiger partial charge in [0.2, 0.25) is 0 Å². The zero-order valence-electron chi connectivity index (χ0n) is 6.60. The van der Waals surface area contributed by atoms with Crippen molar-refractivity contribution in [2.24, 2.45) is 0 Å². The van der Waals surface area contributed by atoms with Crippen LogP contribution in [-0.4, -0.2) is 6.61 Å². The number of hydrogen-bond donors (Lipinski definition) is 0. The second-order valence-corrected chi connectivity index (χ2v) is 2.97. The summed E-state index contributed by atoms with van der Waals surface area (Å²) in [5.41, 5.74) is 1.06. The predicted molar refractivity (Wildman–Crippen MR) is 39.8 cm³/mol. The summed E-state index contributed by atoms with van der Waals surface area (Å²) in [6.45, 7) is 2.23. The Kier molecular flexibility index (Phi) is 1.61. The predicted octanol–water partition coefficient (Wildman–Crippen LogP) is 2.34. The highest BCUT2D eigenvalue weighted by Crippen LogP contribution is 2.32. The highest BCUT2D eigenvalue weighted by molar-refractivity contribution is 5.28. The highest BCUT2D eigenvalue weighted by Gasteiger charge is 2.29. The second kappa shape index (κ2) is 2.52. The lowest BCUT2D eigenvalue weighted by Gasteiger charge is -2.01. The first-order valence-electron chi connectivity index (χ1n) is 3.75. The van der Waals surface area contributed by atoms with Gasteiger partial charge in [-0.25, -0.2) is 8.78 Å². The van der Waals surface area contributed by atoms with Gasteiger partial charge in [-0.3, -0.25) is 0 Å². The maximum absolute atomic E-state index is 13.0. The van der Waals surface area contributed by atoms with Crippen molar-refractivity contribution >= 4 is 0 Å². The quantitative estimate of drug-likeness (QED) is 0.589. The minimum Gasteiger partial charge on any atom is -0.368 e. The van der Waals surface area contributed by atoms with E-state index in [1.807, 2.05) is 0 Å². The van der Waals surface area contributed by atoms with Crippen LogP contribution in [0.4, 0.5) is 8.78 Å². The van der Waals surface area contributed by atoms with E-state index in [9.17, 15) is 8.78 Å². The van der Waals surface area contributed by atoms with Gasteiger partial charge in [0.25, 0.3) is 0 Å². The Morgan fingerprint density at radius 2 is 2.08 bits per heavy atom. The average molecular weight is 170 g/mol. The van der Waals surface area contributed by atoms with Gasteiger partial charge in [0, 0.05) is 5.56 Å². The molecule has 2 rings (SSSR count). The van der Waals surface area contributed by atoms with Crippen LogP contribution in [0, 0.1) is 18.6 Å². The van der Waals surface area contributed by atoms with Gasteiger partial charge in [-0.2, -0.15) is 0 Å². The summed E-state index contributed by atoms with van der Waals surface area (Å²) in [6.07, 6.45) is -0.223. The molecule has 0 aliphatic carbocycles. The van der Waals surface area contributed by atoms with Crippen LogP contribution in [0.1, 0.15) is 17.2 Å². The Bertz CT molecular complexity index is 319. The molecule has 3 heteroatoms. The van der Waals surface area contributed by atoms with Crippen molar-refractivity contribution in [1.82, 2.24) is 0 Å². The number of aryl methyl sites for hydroxylation is 1. The fourth-order valence-corrected chi connectivity index (χ4v) is 1.21. The fourth-order valence-electron chi connectivity index (χ4n) is 1.21. The Hall–Kier alpha value is -0.960. The lowest BCUT2D eigenvalue weighted by atomic mass is 10.1. The Morgan fingerprint density at radius 3 is 2.67 bits per heavy atom. The summed E-state index contributed by atoms with van der Waals surface area (Å²) < 4.78 is 30.7. The third-order valence-corrected chi connectivity index (χ3v) is 1.88. The average Bonchev–Trinajstić information content (AvgIpc) is 2.79. The third-order valence-electron chi connectivity index (χ3n) is 1.88. The maximum atomic E-state index is 13.0. The topological polar surface area (TPSA) is 12.5 Å². The zero-order valence-corrected chi connectivity index (χ0v) is 6.60. The molecule has 0 spiro atoms. The molecule has 0 bridgehead atoms. The van der Waals surface area contributed by atoms with Crippen molar-refractivity contribution in [3.8, 4) is 0 Å². The zero-order chi connectivity index (χ0) is 8.72. The summed E-state index contributed by atoms with van der Waals surface area (Å²) in [4.78, 5) is 0. The van der Waals surface area contributed by atoms with E-state index >= 15 is 0 Å². The lowest BCUT2D eigenvalue weighted by Crippen LogP contribution is -1.94. The fraction of sp³-hybridized carbons (Fsp3) is 0.333. The molecule has 1 aromatic rings. The van der Waals surface area contributed by atoms with Crippen LogP contribution in [-0.2, 0) is 4.74 Å². The third kappa shape index (κ3) is 1.20. The largest absolute Gasteiger partial charge is 0.368 e. The van der Waals surface area contributed by atoms with Crippen LogP contribution < -0.4 is 0 Å². The lowest BCUT2D eigenvalue weighted by molar-refractivity contribution is 0.401. The molecule has 1 heterocycles. The summed E-state index contributed by atoms with van der Waals surface area (Å²) >= 11 is 0. The summed E-state index contributed by atoms with van der Waals surface area (Å²) in [5, 5.41) is 0. The molecule has 1 aliphatic rings. The number of epoxide rings is 1. The number of rotatable bonds is 1. The molecule has 1 aliphatic heterocycles. The highest BCUT2D eigenvalue weighted by atomic mass is 19.2. The van der Waals surface area contributed by atoms with Gasteiger partial charge in [-0.15, -0.1) is 0 Å². The van der Waals surface area contributed by atoms with Gasteiger partial charge < -0.3 is 4.74 Å². The van der Waals surface area contributed by atoms with Crippen molar-refractivity contribution in [3.05, 3.63) is 34.9 Å². The van der Waals surface area contributed by atoms with Crippen LogP contribution in [0.2, 0.25) is 0 Å². The molecule has 0 amide bonds. The molecule has 12 heavy (non-hydrogen) atoms. The normalized spacial score (nSPS) is 21.1. The smallest absolute Gasteiger partial charge is 0.164 e. The molecule has 64 valence electrons. The first-order chi connectivity index (χ1) is 5.68. The Labute approximate surface area is 69.0 Å². The molecule has 1 atom stereocenters. The van der Waals surface area contributed by atoms with Crippen molar-refractivity contribution in [2.75, 3.05) is 6.61 Å². The van der Waals surface area contributed by atoms with Crippen LogP contribution in [0.15, 0.2) is 12.1 Å². The monoisotopic (exact) mass is 170 g/mol. The standard InChI is InChI=1S/C9H8F2O/c1-5-2-6(8-4-12-8)9(11)7(10)3-5/h2-3,8H,4H2,1H3. The molecular formula is C9H8F2O. The van der Waals surface area contributed by atoms with Crippen molar-refractivity contribution in [1.29, 1.82) is 0 Å². The molecular weight excluding hydrogens is 162 g/mol. The van der Waals surface area contributed by atoms with Crippen LogP contribution in [0.25, 0.3) is 0 Å². The van der Waals surface area contributed by atoms with E-state index in [2.05, 4.69) is 0 Å². The minimum absolute atomic E-state index is 0.223. The second-order valence-electron chi connectivity index (χ2n) is 2.97. The van der Waals surface area contributed by atoms with E-state index in [4.69, 9.17) is 4.74 Å². The van der Waals surface area contributed by atoms with Crippen LogP contribution in [0.3, 0.4) is 0 Å². The van der Waals surface area contributed by atoms with E-state index in [1.165, 1.54) is 6.07 Å². The van der Waals surface area contributed by atoms with Gasteiger partial charge in [0.15, 0.2) is 11.6 Å². The van der Waals surface area contributed by atoms with E-state index in [1.54, 1.807) is 13.0 Å². The van der Waals surface area contributed by atoms with Crippen molar-refractivity contribution < 1.29 is 13.5 Å².